The minimum Gasteiger partial charge on any atom is -0.355 e. The van der Waals surface area contributed by atoms with Gasteiger partial charge >= 0.3 is 0 Å². The molecule has 1 aromatic heterocycles. The van der Waals surface area contributed by atoms with E-state index in [2.05, 4.69) is 79.2 Å². The summed E-state index contributed by atoms with van der Waals surface area (Å²) >= 11 is 0. The van der Waals surface area contributed by atoms with Gasteiger partial charge in [0.1, 0.15) is 5.82 Å². The standard InChI is InChI=1S/C23H27N3.ClH/c1-17-9-10-21-19(15-17)16-22(20-8-5-4-7-18(20)2)24-23(21)26-12-6-11-25(3)13-14-26;/h4-5,7-10,15-16H,6,11-14H2,1-3H3;1H. The van der Waals surface area contributed by atoms with Crippen molar-refractivity contribution in [3.63, 3.8) is 0 Å². The number of nitrogens with zero attached hydrogens (tertiary/aromatic N) is 3. The third-order valence-electron chi connectivity index (χ3n) is 5.41. The van der Waals surface area contributed by atoms with Gasteiger partial charge in [0.15, 0.2) is 0 Å². The van der Waals surface area contributed by atoms with Gasteiger partial charge in [-0.1, -0.05) is 48.0 Å². The van der Waals surface area contributed by atoms with Crippen molar-refractivity contribution in [3.8, 4) is 11.3 Å². The third-order valence-corrected chi connectivity index (χ3v) is 5.41. The van der Waals surface area contributed by atoms with E-state index >= 15 is 0 Å². The van der Waals surface area contributed by atoms with E-state index in [0.717, 1.165) is 37.7 Å². The Kier molecular flexibility index (Phi) is 6.03. The average molecular weight is 382 g/mol. The minimum absolute atomic E-state index is 0. The van der Waals surface area contributed by atoms with Crippen LogP contribution in [0.2, 0.25) is 0 Å². The van der Waals surface area contributed by atoms with Crippen LogP contribution in [0.1, 0.15) is 17.5 Å². The lowest BCUT2D eigenvalue weighted by Gasteiger charge is -2.24. The lowest BCUT2D eigenvalue weighted by molar-refractivity contribution is 0.360. The first-order valence-corrected chi connectivity index (χ1v) is 9.53. The van der Waals surface area contributed by atoms with Gasteiger partial charge in [0, 0.05) is 30.6 Å². The van der Waals surface area contributed by atoms with Gasteiger partial charge in [-0.15, -0.1) is 12.4 Å². The van der Waals surface area contributed by atoms with Crippen LogP contribution in [-0.2, 0) is 0 Å². The van der Waals surface area contributed by atoms with E-state index in [-0.39, 0.29) is 12.4 Å². The van der Waals surface area contributed by atoms with Crippen molar-refractivity contribution in [3.05, 3.63) is 59.7 Å². The van der Waals surface area contributed by atoms with E-state index in [0.29, 0.717) is 0 Å². The maximum atomic E-state index is 5.16. The van der Waals surface area contributed by atoms with Gasteiger partial charge < -0.3 is 9.80 Å². The van der Waals surface area contributed by atoms with E-state index in [1.54, 1.807) is 0 Å². The summed E-state index contributed by atoms with van der Waals surface area (Å²) in [6, 6.07) is 17.5. The molecule has 1 aliphatic heterocycles. The summed E-state index contributed by atoms with van der Waals surface area (Å²) in [5.41, 5.74) is 4.87. The van der Waals surface area contributed by atoms with Crippen LogP contribution in [0.3, 0.4) is 0 Å². The SMILES string of the molecule is Cc1ccc2c(N3CCCN(C)CC3)nc(-c3ccccc3C)cc2c1.Cl. The molecule has 4 heteroatoms. The van der Waals surface area contributed by atoms with Crippen LogP contribution in [0.4, 0.5) is 5.82 Å². The average Bonchev–Trinajstić information content (AvgIpc) is 2.85. The van der Waals surface area contributed by atoms with Gasteiger partial charge in [-0.05, 0) is 50.9 Å². The first kappa shape index (κ1) is 19.7. The zero-order valence-corrected chi connectivity index (χ0v) is 17.2. The van der Waals surface area contributed by atoms with Gasteiger partial charge in [0.05, 0.1) is 5.69 Å². The maximum Gasteiger partial charge on any atom is 0.137 e. The van der Waals surface area contributed by atoms with Gasteiger partial charge in [0.25, 0.3) is 0 Å². The second kappa shape index (κ2) is 8.28. The van der Waals surface area contributed by atoms with Crippen LogP contribution in [0.25, 0.3) is 22.0 Å². The van der Waals surface area contributed by atoms with Crippen molar-refractivity contribution in [2.45, 2.75) is 20.3 Å². The number of aromatic nitrogens is 1. The molecule has 0 radical (unpaired) electrons. The lowest BCUT2D eigenvalue weighted by Crippen LogP contribution is -2.29. The summed E-state index contributed by atoms with van der Waals surface area (Å²) in [6.45, 7) is 8.67. The second-order valence-corrected chi connectivity index (χ2v) is 7.51. The molecule has 3 nitrogen and oxygen atoms in total. The Balaban J connectivity index is 0.00000210. The molecule has 0 N–H and O–H groups in total. The quantitative estimate of drug-likeness (QED) is 0.616. The first-order valence-electron chi connectivity index (χ1n) is 9.53. The smallest absolute Gasteiger partial charge is 0.137 e. The maximum absolute atomic E-state index is 5.16. The molecule has 1 saturated heterocycles. The summed E-state index contributed by atoms with van der Waals surface area (Å²) in [4.78, 5) is 10.0. The summed E-state index contributed by atoms with van der Waals surface area (Å²) in [7, 11) is 2.21. The fourth-order valence-electron chi connectivity index (χ4n) is 3.86. The van der Waals surface area contributed by atoms with E-state index in [4.69, 9.17) is 4.98 Å². The molecule has 0 bridgehead atoms. The monoisotopic (exact) mass is 381 g/mol. The number of likely N-dealkylation sites (N-methyl/N-ethyl adjacent to an activating group) is 1. The summed E-state index contributed by atoms with van der Waals surface area (Å²) in [5, 5.41) is 2.54. The van der Waals surface area contributed by atoms with Crippen molar-refractivity contribution in [2.24, 2.45) is 0 Å². The molecule has 0 unspecified atom stereocenters. The molecule has 0 saturated carbocycles. The Morgan fingerprint density at radius 1 is 0.889 bits per heavy atom. The van der Waals surface area contributed by atoms with Gasteiger partial charge in [-0.25, -0.2) is 4.98 Å². The van der Waals surface area contributed by atoms with Crippen LogP contribution in [0.5, 0.6) is 0 Å². The van der Waals surface area contributed by atoms with E-state index in [9.17, 15) is 0 Å². The van der Waals surface area contributed by atoms with Crippen LogP contribution in [-0.4, -0.2) is 43.1 Å². The molecule has 0 aliphatic carbocycles. The second-order valence-electron chi connectivity index (χ2n) is 7.51. The van der Waals surface area contributed by atoms with Crippen molar-refractivity contribution in [1.29, 1.82) is 0 Å². The Labute approximate surface area is 168 Å². The van der Waals surface area contributed by atoms with Crippen LogP contribution >= 0.6 is 12.4 Å². The van der Waals surface area contributed by atoms with Gasteiger partial charge in [-0.2, -0.15) is 0 Å². The molecule has 0 spiro atoms. The molecule has 27 heavy (non-hydrogen) atoms. The highest BCUT2D eigenvalue weighted by Gasteiger charge is 2.18. The highest BCUT2D eigenvalue weighted by atomic mass is 35.5. The molecule has 3 aromatic rings. The molecular formula is C23H28ClN3. The lowest BCUT2D eigenvalue weighted by atomic mass is 10.0. The number of aryl methyl sites for hydroxylation is 2. The van der Waals surface area contributed by atoms with Crippen molar-refractivity contribution < 1.29 is 0 Å². The number of benzene rings is 2. The number of rotatable bonds is 2. The van der Waals surface area contributed by atoms with Crippen LogP contribution < -0.4 is 4.90 Å². The molecular weight excluding hydrogens is 354 g/mol. The molecule has 2 heterocycles. The minimum atomic E-state index is 0. The Morgan fingerprint density at radius 3 is 2.52 bits per heavy atom. The highest BCUT2D eigenvalue weighted by molar-refractivity contribution is 5.95. The Morgan fingerprint density at radius 2 is 1.70 bits per heavy atom. The summed E-state index contributed by atoms with van der Waals surface area (Å²) < 4.78 is 0. The number of halogens is 1. The number of hydrogen-bond acceptors (Lipinski definition) is 3. The molecule has 1 aliphatic rings. The predicted molar refractivity (Wildman–Crippen MR) is 118 cm³/mol. The molecule has 4 rings (SSSR count). The van der Waals surface area contributed by atoms with E-state index in [1.807, 2.05) is 0 Å². The van der Waals surface area contributed by atoms with Crippen molar-refractivity contribution >= 4 is 29.0 Å². The number of hydrogen-bond donors (Lipinski definition) is 0. The van der Waals surface area contributed by atoms with Crippen LogP contribution in [0, 0.1) is 13.8 Å². The molecule has 0 amide bonds. The number of fused-ring (bicyclic) bond motifs is 1. The van der Waals surface area contributed by atoms with E-state index < -0.39 is 0 Å². The number of anilines is 1. The zero-order chi connectivity index (χ0) is 18.1. The molecule has 2 aromatic carbocycles. The van der Waals surface area contributed by atoms with Crippen LogP contribution in [0.15, 0.2) is 48.5 Å². The first-order chi connectivity index (χ1) is 12.6. The van der Waals surface area contributed by atoms with Crippen molar-refractivity contribution in [2.75, 3.05) is 38.1 Å². The third kappa shape index (κ3) is 4.10. The fraction of sp³-hybridized carbons (Fsp3) is 0.348. The van der Waals surface area contributed by atoms with Gasteiger partial charge in [-0.3, -0.25) is 0 Å². The fourth-order valence-corrected chi connectivity index (χ4v) is 3.86. The highest BCUT2D eigenvalue weighted by Crippen LogP contribution is 2.32. The summed E-state index contributed by atoms with van der Waals surface area (Å²) in [5.74, 6) is 1.14. The molecule has 1 fully saturated rings. The van der Waals surface area contributed by atoms with E-state index in [1.165, 1.54) is 33.9 Å². The Hall–Kier alpha value is -2.10. The largest absolute Gasteiger partial charge is 0.355 e. The van der Waals surface area contributed by atoms with Crippen molar-refractivity contribution in [1.82, 2.24) is 9.88 Å². The van der Waals surface area contributed by atoms with Gasteiger partial charge in [0.2, 0.25) is 0 Å². The Bertz CT molecular complexity index is 938. The summed E-state index contributed by atoms with van der Waals surface area (Å²) in [6.07, 6.45) is 1.18. The predicted octanol–water partition coefficient (Wildman–Crippen LogP) is 5.08. The topological polar surface area (TPSA) is 19.4 Å². The number of pyridine rings is 1. The molecule has 0 atom stereocenters. The normalized spacial score (nSPS) is 15.4. The molecule has 142 valence electrons. The zero-order valence-electron chi connectivity index (χ0n) is 16.4.